The number of carbonyl (C=O) groups is 2. The van der Waals surface area contributed by atoms with Gasteiger partial charge < -0.3 is 14.7 Å². The Balaban J connectivity index is 1.58. The van der Waals surface area contributed by atoms with Crippen molar-refractivity contribution in [3.8, 4) is 5.75 Å². The number of halogens is 2. The van der Waals surface area contributed by atoms with E-state index < -0.39 is 33.7 Å². The van der Waals surface area contributed by atoms with Crippen LogP contribution in [0.2, 0.25) is 5.02 Å². The molecule has 38 heavy (non-hydrogen) atoms. The lowest BCUT2D eigenvalue weighted by Crippen LogP contribution is -2.54. The summed E-state index contributed by atoms with van der Waals surface area (Å²) in [6, 6.07) is 10.6. The van der Waals surface area contributed by atoms with Crippen molar-refractivity contribution in [1.29, 1.82) is 0 Å². The first kappa shape index (κ1) is 29.8. The van der Waals surface area contributed by atoms with Crippen molar-refractivity contribution in [2.45, 2.75) is 51.1 Å². The third-order valence-electron chi connectivity index (χ3n) is 5.93. The fourth-order valence-corrected chi connectivity index (χ4v) is 5.58. The van der Waals surface area contributed by atoms with Crippen LogP contribution < -0.4 is 9.46 Å². The molecule has 12 heteroatoms. The molecule has 0 spiro atoms. The molecular formula is C26H33ClFN3O6S. The zero-order valence-electron chi connectivity index (χ0n) is 21.6. The highest BCUT2D eigenvalue weighted by Crippen LogP contribution is 2.25. The van der Waals surface area contributed by atoms with Crippen molar-refractivity contribution >= 4 is 33.4 Å². The number of rotatable bonds is 10. The summed E-state index contributed by atoms with van der Waals surface area (Å²) in [6.45, 7) is 6.84. The van der Waals surface area contributed by atoms with Crippen molar-refractivity contribution in [3.63, 3.8) is 0 Å². The van der Waals surface area contributed by atoms with E-state index in [9.17, 15) is 27.5 Å². The van der Waals surface area contributed by atoms with Crippen molar-refractivity contribution in [2.75, 3.05) is 26.2 Å². The van der Waals surface area contributed by atoms with E-state index in [2.05, 4.69) is 4.90 Å². The molecule has 0 saturated carbocycles. The van der Waals surface area contributed by atoms with Gasteiger partial charge in [-0.2, -0.15) is 0 Å². The molecule has 1 fully saturated rings. The minimum atomic E-state index is -4.12. The number of benzene rings is 2. The van der Waals surface area contributed by atoms with E-state index in [4.69, 9.17) is 16.3 Å². The van der Waals surface area contributed by atoms with Crippen LogP contribution in [-0.4, -0.2) is 73.0 Å². The van der Waals surface area contributed by atoms with E-state index in [1.807, 2.05) is 11.6 Å². The number of ether oxygens (including phenoxy) is 1. The number of amides is 2. The SMILES string of the molecule is CC1CN(Cc2ccc(F)cc2)CCN1C(=O)COc1ccc(Cl)cc1CS(=O)(=O)NC(=O)CC(C)(C)O. The lowest BCUT2D eigenvalue weighted by Gasteiger charge is -2.39. The van der Waals surface area contributed by atoms with Gasteiger partial charge in [0.2, 0.25) is 15.9 Å². The Morgan fingerprint density at radius 2 is 1.87 bits per heavy atom. The molecule has 1 aliphatic heterocycles. The molecule has 2 aromatic rings. The Labute approximate surface area is 227 Å². The van der Waals surface area contributed by atoms with Gasteiger partial charge in [0.05, 0.1) is 17.8 Å². The van der Waals surface area contributed by atoms with Crippen LogP contribution in [0.15, 0.2) is 42.5 Å². The predicted octanol–water partition coefficient (Wildman–Crippen LogP) is 2.70. The van der Waals surface area contributed by atoms with Gasteiger partial charge in [0.15, 0.2) is 6.61 Å². The number of aliphatic hydroxyl groups is 1. The maximum absolute atomic E-state index is 13.2. The van der Waals surface area contributed by atoms with Gasteiger partial charge in [-0.15, -0.1) is 0 Å². The second kappa shape index (κ2) is 12.4. The number of piperazine rings is 1. The van der Waals surface area contributed by atoms with Gasteiger partial charge >= 0.3 is 0 Å². The van der Waals surface area contributed by atoms with Gasteiger partial charge in [-0.05, 0) is 56.7 Å². The molecule has 0 aliphatic carbocycles. The molecular weight excluding hydrogens is 537 g/mol. The van der Waals surface area contributed by atoms with Gasteiger partial charge in [0.25, 0.3) is 5.91 Å². The van der Waals surface area contributed by atoms with E-state index in [1.54, 1.807) is 17.0 Å². The number of nitrogens with one attached hydrogen (secondary N) is 1. The molecule has 1 saturated heterocycles. The summed E-state index contributed by atoms with van der Waals surface area (Å²) in [5, 5.41) is 10.0. The van der Waals surface area contributed by atoms with Crippen molar-refractivity contribution in [1.82, 2.24) is 14.5 Å². The van der Waals surface area contributed by atoms with E-state index in [1.165, 1.54) is 44.2 Å². The molecule has 2 N–H and O–H groups in total. The lowest BCUT2D eigenvalue weighted by atomic mass is 10.1. The lowest BCUT2D eigenvalue weighted by molar-refractivity contribution is -0.138. The van der Waals surface area contributed by atoms with Crippen LogP contribution in [0.1, 0.15) is 38.3 Å². The first-order valence-corrected chi connectivity index (χ1v) is 14.2. The third-order valence-corrected chi connectivity index (χ3v) is 7.40. The van der Waals surface area contributed by atoms with E-state index in [-0.39, 0.29) is 40.7 Å². The third kappa shape index (κ3) is 9.23. The van der Waals surface area contributed by atoms with Crippen LogP contribution in [0.4, 0.5) is 4.39 Å². The monoisotopic (exact) mass is 569 g/mol. The second-order valence-corrected chi connectivity index (χ2v) is 12.3. The zero-order valence-corrected chi connectivity index (χ0v) is 23.2. The summed E-state index contributed by atoms with van der Waals surface area (Å²) >= 11 is 6.05. The Hall–Kier alpha value is -2.73. The molecule has 2 amide bonds. The normalized spacial score (nSPS) is 16.8. The minimum absolute atomic E-state index is 0.0867. The van der Waals surface area contributed by atoms with Gasteiger partial charge in [-0.3, -0.25) is 19.2 Å². The van der Waals surface area contributed by atoms with Crippen LogP contribution >= 0.6 is 11.6 Å². The highest BCUT2D eigenvalue weighted by atomic mass is 35.5. The zero-order chi connectivity index (χ0) is 28.1. The molecule has 1 heterocycles. The molecule has 2 aromatic carbocycles. The summed E-state index contributed by atoms with van der Waals surface area (Å²) < 4.78 is 45.9. The second-order valence-electron chi connectivity index (χ2n) is 10.1. The first-order valence-electron chi connectivity index (χ1n) is 12.1. The topological polar surface area (TPSA) is 116 Å². The van der Waals surface area contributed by atoms with Crippen molar-refractivity contribution in [3.05, 3.63) is 64.4 Å². The molecule has 0 aromatic heterocycles. The largest absolute Gasteiger partial charge is 0.483 e. The smallest absolute Gasteiger partial charge is 0.260 e. The molecule has 1 atom stereocenters. The van der Waals surface area contributed by atoms with Gasteiger partial charge in [-0.1, -0.05) is 23.7 Å². The molecule has 9 nitrogen and oxygen atoms in total. The fourth-order valence-electron chi connectivity index (χ4n) is 4.26. The van der Waals surface area contributed by atoms with Crippen LogP contribution in [0.25, 0.3) is 0 Å². The molecule has 208 valence electrons. The van der Waals surface area contributed by atoms with Gasteiger partial charge in [0.1, 0.15) is 11.6 Å². The summed E-state index contributed by atoms with van der Waals surface area (Å²) in [7, 11) is -4.12. The van der Waals surface area contributed by atoms with Crippen molar-refractivity contribution < 1.29 is 32.2 Å². The molecule has 0 radical (unpaired) electrons. The van der Waals surface area contributed by atoms with Gasteiger partial charge in [0, 0.05) is 42.8 Å². The Morgan fingerprint density at radius 1 is 1.18 bits per heavy atom. The summed E-state index contributed by atoms with van der Waals surface area (Å²) in [6.07, 6.45) is -0.394. The Bertz CT molecular complexity index is 1250. The number of nitrogens with zero attached hydrogens (tertiary/aromatic N) is 2. The highest BCUT2D eigenvalue weighted by Gasteiger charge is 2.28. The fraction of sp³-hybridized carbons (Fsp3) is 0.462. The highest BCUT2D eigenvalue weighted by molar-refractivity contribution is 7.89. The molecule has 0 bridgehead atoms. The summed E-state index contributed by atoms with van der Waals surface area (Å²) in [5.41, 5.74) is -0.192. The Morgan fingerprint density at radius 3 is 2.50 bits per heavy atom. The number of hydrogen-bond acceptors (Lipinski definition) is 7. The molecule has 1 aliphatic rings. The maximum Gasteiger partial charge on any atom is 0.260 e. The number of hydrogen-bond donors (Lipinski definition) is 2. The number of sulfonamides is 1. The number of carbonyl (C=O) groups excluding carboxylic acids is 2. The first-order chi connectivity index (χ1) is 17.7. The summed E-state index contributed by atoms with van der Waals surface area (Å²) in [5.74, 6) is -1.82. The Kier molecular flexibility index (Phi) is 9.74. The van der Waals surface area contributed by atoms with Crippen LogP contribution in [0, 0.1) is 5.82 Å². The van der Waals surface area contributed by atoms with Crippen molar-refractivity contribution in [2.24, 2.45) is 0 Å². The van der Waals surface area contributed by atoms with E-state index >= 15 is 0 Å². The average Bonchev–Trinajstić information content (AvgIpc) is 2.78. The standard InChI is InChI=1S/C26H33ClFN3O6S/c1-18-14-30(15-19-4-7-22(28)8-5-19)10-11-31(18)25(33)16-37-23-9-6-21(27)12-20(23)17-38(35,36)29-24(32)13-26(2,3)34/h4-9,12,18,34H,10-11,13-17H2,1-3H3,(H,29,32). The molecule has 1 unspecified atom stereocenters. The predicted molar refractivity (Wildman–Crippen MR) is 141 cm³/mol. The van der Waals surface area contributed by atoms with Crippen LogP contribution in [-0.2, 0) is 31.9 Å². The summed E-state index contributed by atoms with van der Waals surface area (Å²) in [4.78, 5) is 28.8. The maximum atomic E-state index is 13.2. The van der Waals surface area contributed by atoms with Gasteiger partial charge in [-0.25, -0.2) is 12.8 Å². The minimum Gasteiger partial charge on any atom is -0.483 e. The van der Waals surface area contributed by atoms with Crippen LogP contribution in [0.3, 0.4) is 0 Å². The van der Waals surface area contributed by atoms with E-state index in [0.717, 1.165) is 5.56 Å². The quantitative estimate of drug-likeness (QED) is 0.452. The van der Waals surface area contributed by atoms with E-state index in [0.29, 0.717) is 26.2 Å². The average molecular weight is 570 g/mol. The van der Waals surface area contributed by atoms with Crippen LogP contribution in [0.5, 0.6) is 5.75 Å². The molecule has 3 rings (SSSR count).